The predicted octanol–water partition coefficient (Wildman–Crippen LogP) is 3.95. The summed E-state index contributed by atoms with van der Waals surface area (Å²) in [7, 11) is 0. The number of rotatable bonds is 4. The van der Waals surface area contributed by atoms with Crippen LogP contribution >= 0.6 is 15.9 Å². The van der Waals surface area contributed by atoms with Crippen molar-refractivity contribution in [3.05, 3.63) is 69.9 Å². The number of halogens is 2. The lowest BCUT2D eigenvalue weighted by Crippen LogP contribution is -2.43. The molecule has 1 N–H and O–H groups in total. The van der Waals surface area contributed by atoms with Crippen LogP contribution in [-0.2, 0) is 16.9 Å². The Labute approximate surface area is 147 Å². The van der Waals surface area contributed by atoms with Crippen molar-refractivity contribution in [1.29, 1.82) is 0 Å². The van der Waals surface area contributed by atoms with Gasteiger partial charge in [0.25, 0.3) is 5.91 Å². The molecule has 0 unspecified atom stereocenters. The van der Waals surface area contributed by atoms with Gasteiger partial charge in [-0.15, -0.1) is 0 Å². The molecule has 2 aromatic rings. The van der Waals surface area contributed by atoms with Gasteiger partial charge in [0.05, 0.1) is 6.54 Å². The lowest BCUT2D eigenvalue weighted by Gasteiger charge is -2.25. The zero-order valence-corrected chi connectivity index (χ0v) is 14.6. The number of imide groups is 1. The van der Waals surface area contributed by atoms with Crippen LogP contribution < -0.4 is 5.32 Å². The monoisotopic (exact) mass is 390 g/mol. The fourth-order valence-corrected chi connectivity index (χ4v) is 3.29. The van der Waals surface area contributed by atoms with E-state index in [-0.39, 0.29) is 12.5 Å². The third-order valence-electron chi connectivity index (χ3n) is 4.32. The molecule has 0 bridgehead atoms. The summed E-state index contributed by atoms with van der Waals surface area (Å²) in [5.41, 5.74) is -0.0734. The van der Waals surface area contributed by atoms with E-state index < -0.39 is 17.4 Å². The van der Waals surface area contributed by atoms with Crippen molar-refractivity contribution in [3.63, 3.8) is 0 Å². The van der Waals surface area contributed by atoms with E-state index in [4.69, 9.17) is 0 Å². The smallest absolute Gasteiger partial charge is 0.319 e. The van der Waals surface area contributed by atoms with Gasteiger partial charge < -0.3 is 5.32 Å². The number of hydrogen-bond donors (Lipinski definition) is 1. The zero-order chi connectivity index (χ0) is 17.3. The van der Waals surface area contributed by atoms with Gasteiger partial charge in [0, 0.05) is 10.0 Å². The molecule has 1 fully saturated rings. The molecule has 0 radical (unpaired) electrons. The Balaban J connectivity index is 1.94. The van der Waals surface area contributed by atoms with Crippen LogP contribution in [0.15, 0.2) is 53.0 Å². The van der Waals surface area contributed by atoms with Crippen LogP contribution in [0.3, 0.4) is 0 Å². The first-order valence-corrected chi connectivity index (χ1v) is 8.41. The minimum Gasteiger partial charge on any atom is -0.319 e. The summed E-state index contributed by atoms with van der Waals surface area (Å²) in [5, 5.41) is 2.79. The molecule has 3 amide bonds. The van der Waals surface area contributed by atoms with Crippen molar-refractivity contribution in [3.8, 4) is 0 Å². The molecule has 0 aromatic heterocycles. The molecular formula is C18H16BrFN2O2. The normalized spacial score (nSPS) is 20.4. The van der Waals surface area contributed by atoms with Gasteiger partial charge in [0.15, 0.2) is 0 Å². The van der Waals surface area contributed by atoms with Crippen LogP contribution in [0.2, 0.25) is 0 Å². The molecule has 3 rings (SSSR count). The van der Waals surface area contributed by atoms with Crippen molar-refractivity contribution in [2.75, 3.05) is 0 Å². The lowest BCUT2D eigenvalue weighted by molar-refractivity contribution is -0.132. The Hall–Kier alpha value is -2.21. The van der Waals surface area contributed by atoms with Crippen molar-refractivity contribution in [1.82, 2.24) is 10.2 Å². The molecule has 1 heterocycles. The molecule has 0 saturated carbocycles. The standard InChI is InChI=1S/C18H16BrFN2O2/c1-2-18(13-6-4-3-5-7-13)16(23)22(17(24)21-18)11-12-8-9-14(19)10-15(12)20/h3-10H,2,11H2,1H3,(H,21,24)/t18-/m1/s1. The molecule has 4 nitrogen and oxygen atoms in total. The third kappa shape index (κ3) is 2.71. The van der Waals surface area contributed by atoms with Gasteiger partial charge in [0.1, 0.15) is 11.4 Å². The number of amides is 3. The van der Waals surface area contributed by atoms with Crippen molar-refractivity contribution >= 4 is 27.9 Å². The van der Waals surface area contributed by atoms with Crippen molar-refractivity contribution < 1.29 is 14.0 Å². The Kier molecular flexibility index (Phi) is 4.41. The molecule has 1 saturated heterocycles. The van der Waals surface area contributed by atoms with Crippen LogP contribution in [0.25, 0.3) is 0 Å². The van der Waals surface area contributed by atoms with Crippen LogP contribution in [0.5, 0.6) is 0 Å². The maximum atomic E-state index is 14.1. The fourth-order valence-electron chi connectivity index (χ4n) is 2.95. The molecule has 24 heavy (non-hydrogen) atoms. The zero-order valence-electron chi connectivity index (χ0n) is 13.1. The number of benzene rings is 2. The minimum absolute atomic E-state index is 0.0988. The summed E-state index contributed by atoms with van der Waals surface area (Å²) in [6.45, 7) is 1.74. The summed E-state index contributed by atoms with van der Waals surface area (Å²) in [5.74, 6) is -0.817. The van der Waals surface area contributed by atoms with Gasteiger partial charge >= 0.3 is 6.03 Å². The van der Waals surface area contributed by atoms with Gasteiger partial charge in [-0.1, -0.05) is 59.3 Å². The van der Waals surface area contributed by atoms with E-state index in [1.807, 2.05) is 37.3 Å². The predicted molar refractivity (Wildman–Crippen MR) is 91.6 cm³/mol. The quantitative estimate of drug-likeness (QED) is 0.803. The third-order valence-corrected chi connectivity index (χ3v) is 4.81. The maximum absolute atomic E-state index is 14.1. The molecular weight excluding hydrogens is 375 g/mol. The fraction of sp³-hybridized carbons (Fsp3) is 0.222. The van der Waals surface area contributed by atoms with E-state index in [1.54, 1.807) is 12.1 Å². The highest BCUT2D eigenvalue weighted by atomic mass is 79.9. The number of urea groups is 1. The summed E-state index contributed by atoms with van der Waals surface area (Å²) >= 11 is 3.19. The highest BCUT2D eigenvalue weighted by Crippen LogP contribution is 2.33. The number of carbonyl (C=O) groups excluding carboxylic acids is 2. The van der Waals surface area contributed by atoms with Crippen molar-refractivity contribution in [2.24, 2.45) is 0 Å². The summed E-state index contributed by atoms with van der Waals surface area (Å²) in [4.78, 5) is 26.4. The van der Waals surface area contributed by atoms with E-state index in [0.29, 0.717) is 16.5 Å². The molecule has 0 spiro atoms. The van der Waals surface area contributed by atoms with E-state index in [2.05, 4.69) is 21.2 Å². The van der Waals surface area contributed by atoms with Gasteiger partial charge in [-0.05, 0) is 24.1 Å². The first-order valence-electron chi connectivity index (χ1n) is 7.61. The maximum Gasteiger partial charge on any atom is 0.325 e. The number of carbonyl (C=O) groups is 2. The molecule has 1 aliphatic heterocycles. The van der Waals surface area contributed by atoms with E-state index >= 15 is 0 Å². The second-order valence-corrected chi connectivity index (χ2v) is 6.60. The van der Waals surface area contributed by atoms with E-state index in [0.717, 1.165) is 10.5 Å². The molecule has 124 valence electrons. The largest absolute Gasteiger partial charge is 0.325 e. The van der Waals surface area contributed by atoms with E-state index in [1.165, 1.54) is 6.07 Å². The summed E-state index contributed by atoms with van der Waals surface area (Å²) < 4.78 is 14.7. The summed E-state index contributed by atoms with van der Waals surface area (Å²) in [6, 6.07) is 13.2. The van der Waals surface area contributed by atoms with Gasteiger partial charge in [-0.2, -0.15) is 0 Å². The minimum atomic E-state index is -1.09. The second kappa shape index (κ2) is 6.36. The lowest BCUT2D eigenvalue weighted by atomic mass is 9.87. The Morgan fingerprint density at radius 3 is 2.50 bits per heavy atom. The number of hydrogen-bond acceptors (Lipinski definition) is 2. The number of nitrogens with zero attached hydrogens (tertiary/aromatic N) is 1. The molecule has 2 aromatic carbocycles. The Morgan fingerprint density at radius 2 is 1.88 bits per heavy atom. The van der Waals surface area contributed by atoms with Crippen LogP contribution in [-0.4, -0.2) is 16.8 Å². The highest BCUT2D eigenvalue weighted by Gasteiger charge is 2.51. The molecule has 6 heteroatoms. The topological polar surface area (TPSA) is 49.4 Å². The van der Waals surface area contributed by atoms with Crippen LogP contribution in [0, 0.1) is 5.82 Å². The van der Waals surface area contributed by atoms with Crippen molar-refractivity contribution in [2.45, 2.75) is 25.4 Å². The Bertz CT molecular complexity index is 797. The Morgan fingerprint density at radius 1 is 1.17 bits per heavy atom. The molecule has 1 aliphatic rings. The van der Waals surface area contributed by atoms with Crippen LogP contribution in [0.1, 0.15) is 24.5 Å². The first-order chi connectivity index (χ1) is 11.5. The van der Waals surface area contributed by atoms with Gasteiger partial charge in [-0.3, -0.25) is 9.69 Å². The average molecular weight is 391 g/mol. The molecule has 1 atom stereocenters. The van der Waals surface area contributed by atoms with E-state index in [9.17, 15) is 14.0 Å². The SMILES string of the molecule is CC[C@]1(c2ccccc2)NC(=O)N(Cc2ccc(Br)cc2F)C1=O. The van der Waals surface area contributed by atoms with Crippen LogP contribution in [0.4, 0.5) is 9.18 Å². The first kappa shape index (κ1) is 16.6. The summed E-state index contributed by atoms with van der Waals surface area (Å²) in [6.07, 6.45) is 0.418. The second-order valence-electron chi connectivity index (χ2n) is 5.68. The number of nitrogens with one attached hydrogen (secondary N) is 1. The average Bonchev–Trinajstić information content (AvgIpc) is 2.83. The van der Waals surface area contributed by atoms with Gasteiger partial charge in [0.2, 0.25) is 0 Å². The molecule has 0 aliphatic carbocycles. The highest BCUT2D eigenvalue weighted by molar-refractivity contribution is 9.10. The van der Waals surface area contributed by atoms with Gasteiger partial charge in [-0.25, -0.2) is 9.18 Å².